The van der Waals surface area contributed by atoms with Crippen LogP contribution in [-0.2, 0) is 0 Å². The highest BCUT2D eigenvalue weighted by atomic mass is 79.9. The average molecular weight is 429 g/mol. The molecule has 0 saturated heterocycles. The van der Waals surface area contributed by atoms with Gasteiger partial charge < -0.3 is 14.9 Å². The molecule has 0 bridgehead atoms. The number of aromatic carboxylic acids is 1. The number of aromatic hydroxyl groups is 1. The van der Waals surface area contributed by atoms with Gasteiger partial charge >= 0.3 is 5.97 Å². The highest BCUT2D eigenvalue weighted by molar-refractivity contribution is 9.13. The van der Waals surface area contributed by atoms with E-state index in [2.05, 4.69) is 36.9 Å². The van der Waals surface area contributed by atoms with Crippen LogP contribution in [0.3, 0.4) is 0 Å². The molecule has 7 heteroatoms. The number of halogens is 2. The largest absolute Gasteiger partial charge is 0.504 e. The number of phenols is 1. The van der Waals surface area contributed by atoms with Crippen molar-refractivity contribution in [3.63, 3.8) is 0 Å². The third kappa shape index (κ3) is 3.31. The van der Waals surface area contributed by atoms with E-state index >= 15 is 0 Å². The Bertz CT molecular complexity index is 759. The van der Waals surface area contributed by atoms with E-state index in [1.807, 2.05) is 0 Å². The minimum absolute atomic E-state index is 0.0799. The molecule has 0 amide bonds. The topological polar surface area (TPSA) is 79.1 Å². The second kappa shape index (κ2) is 6.93. The van der Waals surface area contributed by atoms with Gasteiger partial charge in [-0.2, -0.15) is 0 Å². The Labute approximate surface area is 143 Å². The first-order chi connectivity index (χ1) is 10.5. The zero-order chi connectivity index (χ0) is 16.3. The standard InChI is InChI=1S/C15H11Br2NO4/c1-22-12-6-10(16)13(17)9(14(12)19)7-18-11-5-3-2-4-8(11)15(20)21/h2-7,19H,1H3,(H,20,21). The third-order valence-electron chi connectivity index (χ3n) is 2.88. The van der Waals surface area contributed by atoms with Crippen molar-refractivity contribution >= 4 is 49.7 Å². The lowest BCUT2D eigenvalue weighted by Crippen LogP contribution is -1.96. The molecule has 0 radical (unpaired) electrons. The second-order valence-electron chi connectivity index (χ2n) is 4.22. The van der Waals surface area contributed by atoms with Crippen molar-refractivity contribution in [2.45, 2.75) is 0 Å². The van der Waals surface area contributed by atoms with Crippen LogP contribution in [-0.4, -0.2) is 29.5 Å². The minimum atomic E-state index is -1.07. The van der Waals surface area contributed by atoms with Crippen molar-refractivity contribution in [2.24, 2.45) is 4.99 Å². The highest BCUT2D eigenvalue weighted by Gasteiger charge is 2.15. The van der Waals surface area contributed by atoms with Crippen LogP contribution >= 0.6 is 31.9 Å². The lowest BCUT2D eigenvalue weighted by molar-refractivity contribution is 0.0698. The van der Waals surface area contributed by atoms with E-state index in [-0.39, 0.29) is 17.1 Å². The first-order valence-electron chi connectivity index (χ1n) is 6.07. The fourth-order valence-electron chi connectivity index (χ4n) is 1.79. The number of carboxylic acids is 1. The Morgan fingerprint density at radius 3 is 2.64 bits per heavy atom. The molecular weight excluding hydrogens is 418 g/mol. The predicted molar refractivity (Wildman–Crippen MR) is 90.7 cm³/mol. The molecule has 0 aliphatic carbocycles. The van der Waals surface area contributed by atoms with Crippen molar-refractivity contribution < 1.29 is 19.7 Å². The molecule has 0 unspecified atom stereocenters. The molecule has 0 spiro atoms. The maximum atomic E-state index is 11.2. The number of phenolic OH excluding ortho intramolecular Hbond substituents is 1. The zero-order valence-corrected chi connectivity index (χ0v) is 14.6. The summed E-state index contributed by atoms with van der Waals surface area (Å²) in [6.45, 7) is 0. The van der Waals surface area contributed by atoms with E-state index < -0.39 is 5.97 Å². The van der Waals surface area contributed by atoms with Crippen LogP contribution < -0.4 is 4.74 Å². The molecule has 2 rings (SSSR count). The van der Waals surface area contributed by atoms with Gasteiger partial charge in [0.15, 0.2) is 11.5 Å². The first kappa shape index (κ1) is 16.5. The smallest absolute Gasteiger partial charge is 0.337 e. The monoisotopic (exact) mass is 427 g/mol. The molecule has 114 valence electrons. The first-order valence-corrected chi connectivity index (χ1v) is 7.65. The zero-order valence-electron chi connectivity index (χ0n) is 11.4. The van der Waals surface area contributed by atoms with Gasteiger partial charge in [0.1, 0.15) is 0 Å². The molecule has 0 atom stereocenters. The molecule has 0 heterocycles. The van der Waals surface area contributed by atoms with Gasteiger partial charge in [-0.3, -0.25) is 4.99 Å². The summed E-state index contributed by atoms with van der Waals surface area (Å²) in [5, 5.41) is 19.3. The SMILES string of the molecule is COc1cc(Br)c(Br)c(C=Nc2ccccc2C(=O)O)c1O. The number of benzene rings is 2. The average Bonchev–Trinajstić information content (AvgIpc) is 2.51. The molecule has 2 aromatic rings. The molecule has 5 nitrogen and oxygen atoms in total. The van der Waals surface area contributed by atoms with Gasteiger partial charge in [0, 0.05) is 15.2 Å². The lowest BCUT2D eigenvalue weighted by atomic mass is 10.1. The summed E-state index contributed by atoms with van der Waals surface area (Å²) in [5.74, 6) is -0.875. The predicted octanol–water partition coefficient (Wildman–Crippen LogP) is 4.37. The van der Waals surface area contributed by atoms with Crippen molar-refractivity contribution in [3.8, 4) is 11.5 Å². The number of nitrogens with zero attached hydrogens (tertiary/aromatic N) is 1. The fourth-order valence-corrected chi connectivity index (χ4v) is 2.61. The Morgan fingerprint density at radius 1 is 1.32 bits per heavy atom. The van der Waals surface area contributed by atoms with Gasteiger partial charge in [-0.25, -0.2) is 4.79 Å². The van der Waals surface area contributed by atoms with E-state index in [4.69, 9.17) is 9.84 Å². The summed E-state index contributed by atoms with van der Waals surface area (Å²) in [6.07, 6.45) is 1.38. The Kier molecular flexibility index (Phi) is 5.20. The number of carboxylic acid groups (broad SMARTS) is 1. The number of para-hydroxylation sites is 1. The molecule has 0 aliphatic heterocycles. The number of rotatable bonds is 4. The molecule has 2 N–H and O–H groups in total. The Balaban J connectivity index is 2.52. The summed E-state index contributed by atoms with van der Waals surface area (Å²) in [5.41, 5.74) is 0.753. The second-order valence-corrected chi connectivity index (χ2v) is 5.86. The number of carbonyl (C=O) groups is 1. The van der Waals surface area contributed by atoms with Crippen LogP contribution in [0.5, 0.6) is 11.5 Å². The van der Waals surface area contributed by atoms with Gasteiger partial charge in [-0.05, 0) is 50.1 Å². The quantitative estimate of drug-likeness (QED) is 0.708. The van der Waals surface area contributed by atoms with Gasteiger partial charge in [0.05, 0.1) is 23.9 Å². The maximum Gasteiger partial charge on any atom is 0.337 e. The highest BCUT2D eigenvalue weighted by Crippen LogP contribution is 2.39. The molecule has 0 fully saturated rings. The molecule has 2 aromatic carbocycles. The fraction of sp³-hybridized carbons (Fsp3) is 0.0667. The molecule has 0 aliphatic rings. The number of aliphatic imine (C=N–C) groups is 1. The normalized spacial score (nSPS) is 10.9. The van der Waals surface area contributed by atoms with Crippen LogP contribution in [0.2, 0.25) is 0 Å². The summed E-state index contributed by atoms with van der Waals surface area (Å²) in [6, 6.07) is 7.97. The van der Waals surface area contributed by atoms with Crippen LogP contribution in [0.4, 0.5) is 5.69 Å². The van der Waals surface area contributed by atoms with Gasteiger partial charge in [0.2, 0.25) is 0 Å². The van der Waals surface area contributed by atoms with Crippen LogP contribution in [0.1, 0.15) is 15.9 Å². The van der Waals surface area contributed by atoms with Gasteiger partial charge in [0.25, 0.3) is 0 Å². The van der Waals surface area contributed by atoms with Crippen molar-refractivity contribution in [1.29, 1.82) is 0 Å². The lowest BCUT2D eigenvalue weighted by Gasteiger charge is -2.10. The molecule has 22 heavy (non-hydrogen) atoms. The van der Waals surface area contributed by atoms with Crippen LogP contribution in [0, 0.1) is 0 Å². The number of methoxy groups -OCH3 is 1. The van der Waals surface area contributed by atoms with Crippen molar-refractivity contribution in [1.82, 2.24) is 0 Å². The summed E-state index contributed by atoms with van der Waals surface area (Å²) in [4.78, 5) is 15.3. The minimum Gasteiger partial charge on any atom is -0.504 e. The molecular formula is C15H11Br2NO4. The van der Waals surface area contributed by atoms with Gasteiger partial charge in [-0.1, -0.05) is 12.1 Å². The van der Waals surface area contributed by atoms with Crippen LogP contribution in [0.25, 0.3) is 0 Å². The Morgan fingerprint density at radius 2 is 2.00 bits per heavy atom. The van der Waals surface area contributed by atoms with Crippen LogP contribution in [0.15, 0.2) is 44.3 Å². The van der Waals surface area contributed by atoms with Gasteiger partial charge in [-0.15, -0.1) is 0 Å². The summed E-state index contributed by atoms with van der Waals surface area (Å²) < 4.78 is 6.34. The maximum absolute atomic E-state index is 11.2. The van der Waals surface area contributed by atoms with Crippen molar-refractivity contribution in [3.05, 3.63) is 50.4 Å². The van der Waals surface area contributed by atoms with E-state index in [1.54, 1.807) is 24.3 Å². The molecule has 0 saturated carbocycles. The Hall–Kier alpha value is -1.86. The number of hydrogen-bond donors (Lipinski definition) is 2. The third-order valence-corrected chi connectivity index (χ3v) is 4.89. The summed E-state index contributed by atoms with van der Waals surface area (Å²) in [7, 11) is 1.44. The van der Waals surface area contributed by atoms with E-state index in [9.17, 15) is 9.90 Å². The summed E-state index contributed by atoms with van der Waals surface area (Å²) >= 11 is 6.69. The molecule has 0 aromatic heterocycles. The van der Waals surface area contributed by atoms with E-state index in [1.165, 1.54) is 19.4 Å². The van der Waals surface area contributed by atoms with E-state index in [0.29, 0.717) is 20.2 Å². The number of ether oxygens (including phenoxy) is 1. The van der Waals surface area contributed by atoms with Crippen molar-refractivity contribution in [2.75, 3.05) is 7.11 Å². The van der Waals surface area contributed by atoms with E-state index in [0.717, 1.165) is 0 Å². The number of hydrogen-bond acceptors (Lipinski definition) is 4.